The Morgan fingerprint density at radius 1 is 1.00 bits per heavy atom. The highest BCUT2D eigenvalue weighted by atomic mass is 127. The van der Waals surface area contributed by atoms with Gasteiger partial charge >= 0.3 is 0 Å². The summed E-state index contributed by atoms with van der Waals surface area (Å²) in [6.07, 6.45) is 1.70. The first-order valence-corrected chi connectivity index (χ1v) is 10.9. The van der Waals surface area contributed by atoms with Gasteiger partial charge in [-0.05, 0) is 88.0 Å². The number of thioether (sulfide) groups is 1. The lowest BCUT2D eigenvalue weighted by atomic mass is 10.2. The third kappa shape index (κ3) is 4.57. The third-order valence-corrected chi connectivity index (χ3v) is 6.06. The van der Waals surface area contributed by atoms with Crippen molar-refractivity contribution >= 4 is 57.3 Å². The van der Waals surface area contributed by atoms with Crippen LogP contribution in [0.4, 0.5) is 14.9 Å². The van der Waals surface area contributed by atoms with Gasteiger partial charge in [0.1, 0.15) is 18.2 Å². The van der Waals surface area contributed by atoms with Gasteiger partial charge in [-0.2, -0.15) is 0 Å². The number of hydrogen-bond donors (Lipinski definition) is 0. The second-order valence-corrected chi connectivity index (χ2v) is 8.62. The van der Waals surface area contributed by atoms with E-state index >= 15 is 0 Å². The fourth-order valence-electron chi connectivity index (χ4n) is 2.93. The average molecular weight is 531 g/mol. The molecule has 3 aromatic rings. The number of carbonyl (C=O) groups excluding carboxylic acids is 2. The second-order valence-electron chi connectivity index (χ2n) is 6.46. The Morgan fingerprint density at radius 3 is 2.53 bits per heavy atom. The summed E-state index contributed by atoms with van der Waals surface area (Å²) >= 11 is 3.07. The topological polar surface area (TPSA) is 46.6 Å². The maximum Gasteiger partial charge on any atom is 0.298 e. The van der Waals surface area contributed by atoms with Crippen LogP contribution in [0.3, 0.4) is 0 Å². The van der Waals surface area contributed by atoms with Gasteiger partial charge in [0, 0.05) is 0 Å². The molecule has 4 nitrogen and oxygen atoms in total. The fourth-order valence-corrected chi connectivity index (χ4v) is 4.47. The minimum absolute atomic E-state index is 0.253. The van der Waals surface area contributed by atoms with Crippen molar-refractivity contribution in [3.63, 3.8) is 0 Å². The normalized spacial score (nSPS) is 15.1. The van der Waals surface area contributed by atoms with Gasteiger partial charge in [0.2, 0.25) is 0 Å². The quantitative estimate of drug-likeness (QED) is 0.289. The molecule has 30 heavy (non-hydrogen) atoms. The fraction of sp³-hybridized carbons (Fsp3) is 0.0435. The SMILES string of the molecule is O=C1S/C(=C\c2ccc(OCc3cccc(F)c3)c(I)c2)C(=O)N1c1ccccc1. The van der Waals surface area contributed by atoms with E-state index in [0.29, 0.717) is 16.3 Å². The van der Waals surface area contributed by atoms with E-state index in [1.165, 1.54) is 17.0 Å². The molecule has 1 aliphatic heterocycles. The molecule has 0 saturated carbocycles. The van der Waals surface area contributed by atoms with Crippen molar-refractivity contribution in [3.8, 4) is 5.75 Å². The maximum absolute atomic E-state index is 13.3. The van der Waals surface area contributed by atoms with Crippen LogP contribution in [0.2, 0.25) is 0 Å². The summed E-state index contributed by atoms with van der Waals surface area (Å²) in [6.45, 7) is 0.253. The Morgan fingerprint density at radius 2 is 1.80 bits per heavy atom. The molecule has 0 aromatic heterocycles. The molecule has 3 aromatic carbocycles. The molecule has 1 fully saturated rings. The molecule has 0 N–H and O–H groups in total. The average Bonchev–Trinajstić information content (AvgIpc) is 3.01. The van der Waals surface area contributed by atoms with Crippen LogP contribution in [0.5, 0.6) is 5.75 Å². The van der Waals surface area contributed by atoms with E-state index in [1.807, 2.05) is 18.2 Å². The summed E-state index contributed by atoms with van der Waals surface area (Å²) in [5.41, 5.74) is 2.08. The number of benzene rings is 3. The van der Waals surface area contributed by atoms with Crippen molar-refractivity contribution in [2.24, 2.45) is 0 Å². The standard InChI is InChI=1S/C23H15FINO3S/c24-17-6-4-5-16(11-17)14-29-20-10-9-15(12-19(20)25)13-21-22(27)26(23(28)30-21)18-7-2-1-3-8-18/h1-13H,14H2/b21-13-. The molecule has 0 atom stereocenters. The van der Waals surface area contributed by atoms with Gasteiger partial charge in [-0.1, -0.05) is 36.4 Å². The van der Waals surface area contributed by atoms with E-state index in [9.17, 15) is 14.0 Å². The lowest BCUT2D eigenvalue weighted by Crippen LogP contribution is -2.27. The zero-order chi connectivity index (χ0) is 21.1. The van der Waals surface area contributed by atoms with Gasteiger partial charge in [-0.15, -0.1) is 0 Å². The highest BCUT2D eigenvalue weighted by molar-refractivity contribution is 14.1. The minimum Gasteiger partial charge on any atom is -0.488 e. The first kappa shape index (κ1) is 20.6. The highest BCUT2D eigenvalue weighted by Crippen LogP contribution is 2.36. The Kier molecular flexibility index (Phi) is 6.19. The molecule has 1 heterocycles. The van der Waals surface area contributed by atoms with Crippen LogP contribution in [0.25, 0.3) is 6.08 Å². The van der Waals surface area contributed by atoms with Crippen LogP contribution >= 0.6 is 34.4 Å². The number of halogens is 2. The molecule has 4 rings (SSSR count). The summed E-state index contributed by atoms with van der Waals surface area (Å²) in [5.74, 6) is 0.0256. The Hall–Kier alpha value is -2.65. The molecular weight excluding hydrogens is 516 g/mol. The van der Waals surface area contributed by atoms with Crippen molar-refractivity contribution in [2.45, 2.75) is 6.61 Å². The highest BCUT2D eigenvalue weighted by Gasteiger charge is 2.36. The van der Waals surface area contributed by atoms with E-state index in [4.69, 9.17) is 4.74 Å². The van der Waals surface area contributed by atoms with E-state index < -0.39 is 0 Å². The molecule has 0 unspecified atom stereocenters. The second kappa shape index (κ2) is 9.01. The summed E-state index contributed by atoms with van der Waals surface area (Å²) in [4.78, 5) is 26.6. The van der Waals surface area contributed by atoms with Crippen LogP contribution in [-0.2, 0) is 11.4 Å². The van der Waals surface area contributed by atoms with E-state index in [0.717, 1.165) is 26.5 Å². The molecule has 0 aliphatic carbocycles. The molecule has 150 valence electrons. The molecule has 7 heteroatoms. The molecule has 0 radical (unpaired) electrons. The first-order valence-electron chi connectivity index (χ1n) is 9.01. The van der Waals surface area contributed by atoms with E-state index in [1.54, 1.807) is 48.5 Å². The molecular formula is C23H15FINO3S. The smallest absolute Gasteiger partial charge is 0.298 e. The molecule has 1 saturated heterocycles. The Bertz CT molecular complexity index is 1150. The van der Waals surface area contributed by atoms with Crippen LogP contribution < -0.4 is 9.64 Å². The number of amides is 2. The number of para-hydroxylation sites is 1. The van der Waals surface area contributed by atoms with E-state index in [2.05, 4.69) is 22.6 Å². The van der Waals surface area contributed by atoms with E-state index in [-0.39, 0.29) is 23.6 Å². The van der Waals surface area contributed by atoms with Crippen molar-refractivity contribution in [1.29, 1.82) is 0 Å². The Labute approximate surface area is 190 Å². The number of rotatable bonds is 5. The van der Waals surface area contributed by atoms with Gasteiger partial charge in [0.05, 0.1) is 14.2 Å². The molecule has 1 aliphatic rings. The van der Waals surface area contributed by atoms with Gasteiger partial charge < -0.3 is 4.74 Å². The number of anilines is 1. The van der Waals surface area contributed by atoms with Crippen LogP contribution in [-0.4, -0.2) is 11.1 Å². The van der Waals surface area contributed by atoms with Crippen molar-refractivity contribution < 1.29 is 18.7 Å². The number of carbonyl (C=O) groups is 2. The van der Waals surface area contributed by atoms with Crippen molar-refractivity contribution in [1.82, 2.24) is 0 Å². The lowest BCUT2D eigenvalue weighted by Gasteiger charge is -2.11. The van der Waals surface area contributed by atoms with Gasteiger partial charge in [-0.25, -0.2) is 9.29 Å². The summed E-state index contributed by atoms with van der Waals surface area (Å²) in [6, 6.07) is 20.6. The van der Waals surface area contributed by atoms with Gasteiger partial charge in [0.25, 0.3) is 11.1 Å². The summed E-state index contributed by atoms with van der Waals surface area (Å²) in [5, 5.41) is -0.317. The molecule has 0 spiro atoms. The van der Waals surface area contributed by atoms with Gasteiger partial charge in [0.15, 0.2) is 0 Å². The zero-order valence-electron chi connectivity index (χ0n) is 15.5. The predicted molar refractivity (Wildman–Crippen MR) is 125 cm³/mol. The van der Waals surface area contributed by atoms with Crippen molar-refractivity contribution in [2.75, 3.05) is 4.90 Å². The number of imide groups is 1. The lowest BCUT2D eigenvalue weighted by molar-refractivity contribution is -0.113. The third-order valence-electron chi connectivity index (χ3n) is 4.35. The minimum atomic E-state index is -0.336. The molecule has 2 amide bonds. The number of ether oxygens (including phenoxy) is 1. The van der Waals surface area contributed by atoms with Gasteiger partial charge in [-0.3, -0.25) is 9.59 Å². The maximum atomic E-state index is 13.3. The Balaban J connectivity index is 1.50. The number of nitrogens with zero attached hydrogens (tertiary/aromatic N) is 1. The van der Waals surface area contributed by atoms with Crippen molar-refractivity contribution in [3.05, 3.63) is 98.2 Å². The largest absolute Gasteiger partial charge is 0.488 e. The summed E-state index contributed by atoms with van der Waals surface area (Å²) in [7, 11) is 0. The number of hydrogen-bond acceptors (Lipinski definition) is 4. The summed E-state index contributed by atoms with van der Waals surface area (Å²) < 4.78 is 19.9. The molecule has 0 bridgehead atoms. The van der Waals surface area contributed by atoms with Crippen LogP contribution in [0, 0.1) is 9.39 Å². The zero-order valence-corrected chi connectivity index (χ0v) is 18.5. The van der Waals surface area contributed by atoms with Crippen LogP contribution in [0.1, 0.15) is 11.1 Å². The first-order chi connectivity index (χ1) is 14.5. The predicted octanol–water partition coefficient (Wildman–Crippen LogP) is 6.25. The van der Waals surface area contributed by atoms with Crippen LogP contribution in [0.15, 0.2) is 77.7 Å². The monoisotopic (exact) mass is 531 g/mol.